The Morgan fingerprint density at radius 2 is 1.65 bits per heavy atom. The Balaban J connectivity index is 1.50. The quantitative estimate of drug-likeness (QED) is 0.725. The number of rotatable bonds is 2. The van der Waals surface area contributed by atoms with Crippen LogP contribution in [0.4, 0.5) is 20.5 Å². The van der Waals surface area contributed by atoms with Crippen LogP contribution in [0.1, 0.15) is 0 Å². The van der Waals surface area contributed by atoms with Crippen molar-refractivity contribution in [3.05, 3.63) is 54.1 Å². The molecule has 6 heteroatoms. The third-order valence-corrected chi connectivity index (χ3v) is 4.08. The lowest BCUT2D eigenvalue weighted by Gasteiger charge is -2.35. The minimum atomic E-state index is -0.559. The van der Waals surface area contributed by atoms with Gasteiger partial charge < -0.3 is 14.2 Å². The number of fused-ring (bicyclic) bond motifs is 1. The van der Waals surface area contributed by atoms with E-state index in [4.69, 9.17) is 4.42 Å². The highest BCUT2D eigenvalue weighted by Crippen LogP contribution is 2.25. The Morgan fingerprint density at radius 1 is 0.913 bits per heavy atom. The van der Waals surface area contributed by atoms with Crippen molar-refractivity contribution in [3.63, 3.8) is 0 Å². The summed E-state index contributed by atoms with van der Waals surface area (Å²) in [6.45, 7) is 2.59. The molecule has 0 bridgehead atoms. The van der Waals surface area contributed by atoms with Crippen molar-refractivity contribution in [2.24, 2.45) is 0 Å². The van der Waals surface area contributed by atoms with Crippen molar-refractivity contribution >= 4 is 22.8 Å². The van der Waals surface area contributed by atoms with Gasteiger partial charge in [0.15, 0.2) is 5.58 Å². The molecule has 1 saturated heterocycles. The second-order valence-electron chi connectivity index (χ2n) is 5.53. The fourth-order valence-corrected chi connectivity index (χ4v) is 2.87. The monoisotopic (exact) mass is 315 g/mol. The van der Waals surface area contributed by atoms with Crippen LogP contribution >= 0.6 is 0 Å². The minimum Gasteiger partial charge on any atom is -0.423 e. The maximum absolute atomic E-state index is 13.9. The number of hydrogen-bond donors (Lipinski definition) is 0. The summed E-state index contributed by atoms with van der Waals surface area (Å²) in [6, 6.07) is 11.9. The number of piperazine rings is 1. The van der Waals surface area contributed by atoms with Crippen LogP contribution in [0.15, 0.2) is 46.9 Å². The van der Waals surface area contributed by atoms with E-state index in [1.807, 2.05) is 34.1 Å². The average molecular weight is 315 g/mol. The third kappa shape index (κ3) is 2.60. The summed E-state index contributed by atoms with van der Waals surface area (Å²) < 4.78 is 32.6. The van der Waals surface area contributed by atoms with Crippen LogP contribution < -0.4 is 9.80 Å². The molecule has 4 rings (SSSR count). The van der Waals surface area contributed by atoms with Crippen LogP contribution in [0, 0.1) is 11.6 Å². The average Bonchev–Trinajstić information content (AvgIpc) is 2.99. The first-order valence-corrected chi connectivity index (χ1v) is 7.51. The van der Waals surface area contributed by atoms with Crippen molar-refractivity contribution in [1.29, 1.82) is 0 Å². The Morgan fingerprint density at radius 3 is 2.39 bits per heavy atom. The number of aromatic nitrogens is 1. The van der Waals surface area contributed by atoms with E-state index in [9.17, 15) is 8.78 Å². The van der Waals surface area contributed by atoms with E-state index >= 15 is 0 Å². The molecular weight excluding hydrogens is 300 g/mol. The molecular formula is C17H15F2N3O. The first kappa shape index (κ1) is 14.0. The Bertz CT molecular complexity index is 808. The fourth-order valence-electron chi connectivity index (χ4n) is 2.87. The number of para-hydroxylation sites is 2. The molecule has 1 fully saturated rings. The maximum Gasteiger partial charge on any atom is 0.298 e. The van der Waals surface area contributed by atoms with Crippen LogP contribution in [0.5, 0.6) is 0 Å². The van der Waals surface area contributed by atoms with Gasteiger partial charge in [-0.05, 0) is 24.3 Å². The van der Waals surface area contributed by atoms with Crippen LogP contribution in [0.25, 0.3) is 11.1 Å². The van der Waals surface area contributed by atoms with Crippen LogP contribution in [0.3, 0.4) is 0 Å². The molecule has 0 amide bonds. The highest BCUT2D eigenvalue weighted by atomic mass is 19.1. The van der Waals surface area contributed by atoms with E-state index in [2.05, 4.69) is 4.98 Å². The molecule has 0 atom stereocenters. The molecule has 0 unspecified atom stereocenters. The van der Waals surface area contributed by atoms with Gasteiger partial charge in [0.1, 0.15) is 17.2 Å². The van der Waals surface area contributed by atoms with Crippen molar-refractivity contribution in [2.45, 2.75) is 0 Å². The summed E-state index contributed by atoms with van der Waals surface area (Å²) in [5.74, 6) is -1.09. The van der Waals surface area contributed by atoms with Gasteiger partial charge in [-0.25, -0.2) is 8.78 Å². The molecule has 3 aromatic rings. The smallest absolute Gasteiger partial charge is 0.298 e. The number of hydrogen-bond acceptors (Lipinski definition) is 4. The predicted octanol–water partition coefficient (Wildman–Crippen LogP) is 3.43. The van der Waals surface area contributed by atoms with Crippen LogP contribution in [-0.2, 0) is 0 Å². The van der Waals surface area contributed by atoms with E-state index in [0.717, 1.165) is 17.2 Å². The zero-order valence-electron chi connectivity index (χ0n) is 12.4. The molecule has 23 heavy (non-hydrogen) atoms. The lowest BCUT2D eigenvalue weighted by atomic mass is 10.2. The van der Waals surface area contributed by atoms with Crippen LogP contribution in [-0.4, -0.2) is 31.2 Å². The molecule has 0 spiro atoms. The Kier molecular flexibility index (Phi) is 3.37. The molecule has 4 nitrogen and oxygen atoms in total. The second-order valence-corrected chi connectivity index (χ2v) is 5.53. The Labute approximate surface area is 131 Å². The van der Waals surface area contributed by atoms with Gasteiger partial charge in [0.05, 0.1) is 5.69 Å². The number of oxazole rings is 1. The molecule has 118 valence electrons. The van der Waals surface area contributed by atoms with Gasteiger partial charge in [0, 0.05) is 32.2 Å². The van der Waals surface area contributed by atoms with Gasteiger partial charge in [0.25, 0.3) is 6.01 Å². The third-order valence-electron chi connectivity index (χ3n) is 4.08. The van der Waals surface area contributed by atoms with Crippen molar-refractivity contribution in [2.75, 3.05) is 36.0 Å². The molecule has 1 aliphatic rings. The van der Waals surface area contributed by atoms with E-state index < -0.39 is 11.6 Å². The summed E-state index contributed by atoms with van der Waals surface area (Å²) in [5.41, 5.74) is 2.02. The SMILES string of the molecule is Fc1ccc(N2CCN(c3nc4ccccc4o3)CC2)c(F)c1. The number of halogens is 2. The van der Waals surface area contributed by atoms with Crippen molar-refractivity contribution < 1.29 is 13.2 Å². The summed E-state index contributed by atoms with van der Waals surface area (Å²) in [5, 5.41) is 0. The highest BCUT2D eigenvalue weighted by Gasteiger charge is 2.22. The second kappa shape index (κ2) is 5.53. The Hall–Kier alpha value is -2.63. The van der Waals surface area contributed by atoms with Crippen molar-refractivity contribution in [1.82, 2.24) is 4.98 Å². The van der Waals surface area contributed by atoms with Gasteiger partial charge in [-0.15, -0.1) is 0 Å². The number of benzene rings is 2. The van der Waals surface area contributed by atoms with Crippen LogP contribution in [0.2, 0.25) is 0 Å². The minimum absolute atomic E-state index is 0.434. The number of nitrogens with zero attached hydrogens (tertiary/aromatic N) is 3. The zero-order chi connectivity index (χ0) is 15.8. The molecule has 2 heterocycles. The standard InChI is InChI=1S/C17H15F2N3O/c18-12-5-6-15(13(19)11-12)21-7-9-22(10-8-21)17-20-14-3-1-2-4-16(14)23-17/h1-6,11H,7-10H2. The van der Waals surface area contributed by atoms with E-state index in [0.29, 0.717) is 37.9 Å². The lowest BCUT2D eigenvalue weighted by molar-refractivity contribution is 0.534. The predicted molar refractivity (Wildman–Crippen MR) is 84.8 cm³/mol. The lowest BCUT2D eigenvalue weighted by Crippen LogP contribution is -2.47. The highest BCUT2D eigenvalue weighted by molar-refractivity contribution is 5.74. The first-order valence-electron chi connectivity index (χ1n) is 7.51. The van der Waals surface area contributed by atoms with Gasteiger partial charge in [-0.2, -0.15) is 4.98 Å². The molecule has 0 aliphatic carbocycles. The van der Waals surface area contributed by atoms with Gasteiger partial charge in [-0.1, -0.05) is 12.1 Å². The molecule has 2 aromatic carbocycles. The molecule has 0 N–H and O–H groups in total. The van der Waals surface area contributed by atoms with E-state index in [1.165, 1.54) is 12.1 Å². The maximum atomic E-state index is 13.9. The summed E-state index contributed by atoms with van der Waals surface area (Å²) >= 11 is 0. The summed E-state index contributed by atoms with van der Waals surface area (Å²) in [4.78, 5) is 8.43. The van der Waals surface area contributed by atoms with E-state index in [-0.39, 0.29) is 0 Å². The topological polar surface area (TPSA) is 32.5 Å². The van der Waals surface area contributed by atoms with Gasteiger partial charge >= 0.3 is 0 Å². The molecule has 1 aromatic heterocycles. The summed E-state index contributed by atoms with van der Waals surface area (Å²) in [6.07, 6.45) is 0. The summed E-state index contributed by atoms with van der Waals surface area (Å²) in [7, 11) is 0. The van der Waals surface area contributed by atoms with Crippen molar-refractivity contribution in [3.8, 4) is 0 Å². The molecule has 0 saturated carbocycles. The van der Waals surface area contributed by atoms with Gasteiger partial charge in [0.2, 0.25) is 0 Å². The largest absolute Gasteiger partial charge is 0.423 e. The number of anilines is 2. The fraction of sp³-hybridized carbons (Fsp3) is 0.235. The normalized spacial score (nSPS) is 15.4. The van der Waals surface area contributed by atoms with E-state index in [1.54, 1.807) is 0 Å². The molecule has 0 radical (unpaired) electrons. The molecule has 1 aliphatic heterocycles. The van der Waals surface area contributed by atoms with Gasteiger partial charge in [-0.3, -0.25) is 0 Å². The zero-order valence-corrected chi connectivity index (χ0v) is 12.4. The first-order chi connectivity index (χ1) is 11.2.